The lowest BCUT2D eigenvalue weighted by Crippen LogP contribution is -2.42. The van der Waals surface area contributed by atoms with E-state index in [2.05, 4.69) is 4.90 Å². The van der Waals surface area contributed by atoms with Gasteiger partial charge in [-0.05, 0) is 26.8 Å². The monoisotopic (exact) mass is 312 g/mol. The van der Waals surface area contributed by atoms with E-state index >= 15 is 0 Å². The van der Waals surface area contributed by atoms with Crippen molar-refractivity contribution in [3.05, 3.63) is 22.4 Å². The van der Waals surface area contributed by atoms with Gasteiger partial charge in [0.25, 0.3) is 0 Å². The molecule has 0 aromatic carbocycles. The lowest BCUT2D eigenvalue weighted by atomic mass is 10.1. The lowest BCUT2D eigenvalue weighted by Gasteiger charge is -2.34. The van der Waals surface area contributed by atoms with E-state index in [0.717, 1.165) is 12.0 Å². The minimum Gasteiger partial charge on any atom is -0.444 e. The largest absolute Gasteiger partial charge is 0.444 e. The molecule has 1 amide bonds. The Morgan fingerprint density at radius 3 is 2.86 bits per heavy atom. The second-order valence-electron chi connectivity index (χ2n) is 6.69. The van der Waals surface area contributed by atoms with Gasteiger partial charge >= 0.3 is 6.09 Å². The Morgan fingerprint density at radius 2 is 2.19 bits per heavy atom. The molecule has 0 aromatic rings. The number of epoxide rings is 1. The highest BCUT2D eigenvalue weighted by molar-refractivity contribution is 6.32. The van der Waals surface area contributed by atoms with Gasteiger partial charge in [-0.25, -0.2) is 4.79 Å². The van der Waals surface area contributed by atoms with Crippen molar-refractivity contribution in [2.75, 3.05) is 20.1 Å². The number of carbonyl (C=O) groups is 1. The van der Waals surface area contributed by atoms with Gasteiger partial charge in [-0.3, -0.25) is 0 Å². The Hall–Kier alpha value is -1.20. The summed E-state index contributed by atoms with van der Waals surface area (Å²) in [6.45, 7) is 6.74. The number of nitrogens with zero attached hydrogens (tertiary/aromatic N) is 2. The van der Waals surface area contributed by atoms with Crippen LogP contribution in [-0.4, -0.2) is 54.0 Å². The molecule has 0 aliphatic carbocycles. The Balaban J connectivity index is 1.78. The maximum Gasteiger partial charge on any atom is 0.410 e. The number of amides is 1. The molecule has 3 rings (SSSR count). The van der Waals surface area contributed by atoms with Crippen LogP contribution in [0.5, 0.6) is 0 Å². The van der Waals surface area contributed by atoms with Crippen LogP contribution in [-0.2, 0) is 9.47 Å². The van der Waals surface area contributed by atoms with E-state index in [1.165, 1.54) is 5.70 Å². The van der Waals surface area contributed by atoms with Gasteiger partial charge < -0.3 is 19.3 Å². The summed E-state index contributed by atoms with van der Waals surface area (Å²) < 4.78 is 11.0. The number of likely N-dealkylation sites (N-methyl/N-ethyl adjacent to an activating group) is 1. The fourth-order valence-electron chi connectivity index (χ4n) is 2.79. The highest BCUT2D eigenvalue weighted by Crippen LogP contribution is 2.40. The molecule has 5 nitrogen and oxygen atoms in total. The van der Waals surface area contributed by atoms with E-state index in [9.17, 15) is 4.79 Å². The van der Waals surface area contributed by atoms with Gasteiger partial charge in [-0.1, -0.05) is 11.6 Å². The van der Waals surface area contributed by atoms with Gasteiger partial charge in [0.15, 0.2) is 6.23 Å². The first-order valence-corrected chi connectivity index (χ1v) is 7.60. The smallest absolute Gasteiger partial charge is 0.410 e. The summed E-state index contributed by atoms with van der Waals surface area (Å²) in [7, 11) is 2.02. The highest BCUT2D eigenvalue weighted by Gasteiger charge is 2.45. The van der Waals surface area contributed by atoms with Crippen LogP contribution in [0.1, 0.15) is 27.2 Å². The standard InChI is InChI=1S/C15H21ClN2O3/c1-15(2,3)21-14(19)18-6-5-11-9(8-18)10(16)7-12-13(20-12)17(11)4/h7,12-13H,5-6,8H2,1-4H3. The van der Waals surface area contributed by atoms with E-state index in [1.807, 2.05) is 33.9 Å². The van der Waals surface area contributed by atoms with Gasteiger partial charge in [-0.2, -0.15) is 0 Å². The molecule has 3 heterocycles. The topological polar surface area (TPSA) is 45.3 Å². The average Bonchev–Trinajstić information content (AvgIpc) is 3.14. The normalized spacial score (nSPS) is 28.5. The minimum absolute atomic E-state index is 0.0723. The van der Waals surface area contributed by atoms with Crippen molar-refractivity contribution in [2.24, 2.45) is 0 Å². The number of fused-ring (bicyclic) bond motifs is 1. The number of halogens is 1. The molecule has 3 aliphatic rings. The third-order valence-electron chi connectivity index (χ3n) is 3.87. The van der Waals surface area contributed by atoms with Crippen molar-refractivity contribution < 1.29 is 14.3 Å². The van der Waals surface area contributed by atoms with E-state index in [0.29, 0.717) is 18.1 Å². The fourth-order valence-corrected chi connectivity index (χ4v) is 3.08. The fraction of sp³-hybridized carbons (Fsp3) is 0.667. The summed E-state index contributed by atoms with van der Waals surface area (Å²) in [6.07, 6.45) is 2.58. The summed E-state index contributed by atoms with van der Waals surface area (Å²) in [5.41, 5.74) is 1.69. The van der Waals surface area contributed by atoms with Gasteiger partial charge in [0.05, 0.1) is 6.54 Å². The molecule has 116 valence electrons. The van der Waals surface area contributed by atoms with Gasteiger partial charge in [0.1, 0.15) is 11.7 Å². The van der Waals surface area contributed by atoms with Crippen molar-refractivity contribution in [1.82, 2.24) is 9.80 Å². The van der Waals surface area contributed by atoms with Crippen molar-refractivity contribution in [2.45, 2.75) is 45.1 Å². The molecule has 21 heavy (non-hydrogen) atoms. The summed E-state index contributed by atoms with van der Waals surface area (Å²) in [5.74, 6) is 0. The molecule has 0 spiro atoms. The highest BCUT2D eigenvalue weighted by atomic mass is 35.5. The zero-order chi connectivity index (χ0) is 15.4. The Labute approximate surface area is 130 Å². The predicted octanol–water partition coefficient (Wildman–Crippen LogP) is 2.67. The summed E-state index contributed by atoms with van der Waals surface area (Å²) in [5, 5.41) is 0.690. The van der Waals surface area contributed by atoms with E-state index in [1.54, 1.807) is 4.90 Å². The van der Waals surface area contributed by atoms with Crippen molar-refractivity contribution in [3.8, 4) is 0 Å². The van der Waals surface area contributed by atoms with Crippen LogP contribution >= 0.6 is 11.6 Å². The van der Waals surface area contributed by atoms with Crippen molar-refractivity contribution in [1.29, 1.82) is 0 Å². The number of carbonyl (C=O) groups excluding carboxylic acids is 1. The number of hydrogen-bond acceptors (Lipinski definition) is 4. The third-order valence-corrected chi connectivity index (χ3v) is 4.23. The van der Waals surface area contributed by atoms with Crippen LogP contribution < -0.4 is 0 Å². The second-order valence-corrected chi connectivity index (χ2v) is 7.10. The lowest BCUT2D eigenvalue weighted by molar-refractivity contribution is 0.0253. The van der Waals surface area contributed by atoms with Crippen LogP contribution in [0.2, 0.25) is 0 Å². The van der Waals surface area contributed by atoms with Crippen LogP contribution in [0.3, 0.4) is 0 Å². The molecule has 2 atom stereocenters. The molecule has 6 heteroatoms. The van der Waals surface area contributed by atoms with Crippen LogP contribution in [0.25, 0.3) is 0 Å². The number of ether oxygens (including phenoxy) is 2. The van der Waals surface area contributed by atoms with Crippen LogP contribution in [0.15, 0.2) is 22.4 Å². The average molecular weight is 313 g/mol. The molecular formula is C15H21ClN2O3. The molecule has 0 bridgehead atoms. The molecule has 1 saturated heterocycles. The summed E-state index contributed by atoms with van der Waals surface area (Å²) in [4.78, 5) is 16.1. The molecule has 0 saturated carbocycles. The van der Waals surface area contributed by atoms with Crippen molar-refractivity contribution >= 4 is 17.7 Å². The predicted molar refractivity (Wildman–Crippen MR) is 79.8 cm³/mol. The van der Waals surface area contributed by atoms with Crippen molar-refractivity contribution in [3.63, 3.8) is 0 Å². The zero-order valence-electron chi connectivity index (χ0n) is 12.9. The Bertz CT molecular complexity index is 536. The quantitative estimate of drug-likeness (QED) is 0.645. The van der Waals surface area contributed by atoms with E-state index < -0.39 is 5.60 Å². The van der Waals surface area contributed by atoms with Gasteiger partial charge in [-0.15, -0.1) is 0 Å². The second kappa shape index (κ2) is 4.92. The van der Waals surface area contributed by atoms with Crippen LogP contribution in [0, 0.1) is 0 Å². The Kier molecular flexibility index (Phi) is 3.45. The first kappa shape index (κ1) is 14.7. The maximum atomic E-state index is 12.2. The maximum absolute atomic E-state index is 12.2. The zero-order valence-corrected chi connectivity index (χ0v) is 13.6. The first-order chi connectivity index (χ1) is 9.76. The third kappa shape index (κ3) is 2.90. The van der Waals surface area contributed by atoms with Crippen LogP contribution in [0.4, 0.5) is 4.79 Å². The molecule has 0 aromatic heterocycles. The number of rotatable bonds is 0. The Morgan fingerprint density at radius 1 is 1.48 bits per heavy atom. The first-order valence-electron chi connectivity index (χ1n) is 7.22. The van der Waals surface area contributed by atoms with E-state index in [-0.39, 0.29) is 18.4 Å². The van der Waals surface area contributed by atoms with Gasteiger partial charge in [0, 0.05) is 36.3 Å². The van der Waals surface area contributed by atoms with E-state index in [4.69, 9.17) is 21.1 Å². The SMILES string of the molecule is CN1C2=C(CN(C(=O)OC(C)(C)C)CC2)C(Cl)=CC2OC21. The molecule has 2 unspecified atom stereocenters. The van der Waals surface area contributed by atoms with Gasteiger partial charge in [0.2, 0.25) is 0 Å². The number of hydrogen-bond donors (Lipinski definition) is 0. The molecule has 0 radical (unpaired) electrons. The summed E-state index contributed by atoms with van der Waals surface area (Å²) >= 11 is 6.40. The minimum atomic E-state index is -0.485. The molecule has 1 fully saturated rings. The molecular weight excluding hydrogens is 292 g/mol. The summed E-state index contributed by atoms with van der Waals surface area (Å²) in [6, 6.07) is 0. The molecule has 0 N–H and O–H groups in total. The molecule has 3 aliphatic heterocycles.